The van der Waals surface area contributed by atoms with Crippen LogP contribution in [0, 0.1) is 13.8 Å². The zero-order valence-corrected chi connectivity index (χ0v) is 14.2. The fraction of sp³-hybridized carbons (Fsp3) is 0.188. The minimum Gasteiger partial charge on any atom is -0.262 e. The number of sulfonamides is 1. The predicted octanol–water partition coefficient (Wildman–Crippen LogP) is 1.76. The molecule has 0 radical (unpaired) electrons. The van der Waals surface area contributed by atoms with Crippen LogP contribution < -0.4 is 4.72 Å². The number of hydrogen-bond donors (Lipinski definition) is 1. The third-order valence-corrected chi connectivity index (χ3v) is 5.08. The molecule has 0 aliphatic heterocycles. The maximum atomic E-state index is 12.4. The van der Waals surface area contributed by atoms with Gasteiger partial charge in [0.1, 0.15) is 0 Å². The van der Waals surface area contributed by atoms with E-state index in [1.165, 1.54) is 0 Å². The van der Waals surface area contributed by atoms with E-state index in [2.05, 4.69) is 20.0 Å². The highest BCUT2D eigenvalue weighted by Gasteiger charge is 2.17. The molecule has 1 N–H and O–H groups in total. The lowest BCUT2D eigenvalue weighted by Gasteiger charge is -2.08. The van der Waals surface area contributed by atoms with Gasteiger partial charge in [-0.25, -0.2) is 17.8 Å². The van der Waals surface area contributed by atoms with E-state index in [4.69, 9.17) is 0 Å². The minimum atomic E-state index is -3.60. The average Bonchev–Trinajstić information content (AvgIpc) is 3.02. The van der Waals surface area contributed by atoms with E-state index >= 15 is 0 Å². The highest BCUT2D eigenvalue weighted by atomic mass is 32.2. The van der Waals surface area contributed by atoms with Crippen LogP contribution in [0.4, 0.5) is 0 Å². The van der Waals surface area contributed by atoms with Crippen molar-refractivity contribution in [3.8, 4) is 5.69 Å². The Kier molecular flexibility index (Phi) is 4.41. The fourth-order valence-corrected chi connectivity index (χ4v) is 3.57. The third kappa shape index (κ3) is 3.50. The molecule has 3 aromatic rings. The quantitative estimate of drug-likeness (QED) is 0.762. The Bertz CT molecular complexity index is 952. The van der Waals surface area contributed by atoms with Gasteiger partial charge in [-0.15, -0.1) is 5.10 Å². The third-order valence-electron chi connectivity index (χ3n) is 3.51. The van der Waals surface area contributed by atoms with Crippen LogP contribution in [0.2, 0.25) is 0 Å². The lowest BCUT2D eigenvalue weighted by Crippen LogP contribution is -2.24. The van der Waals surface area contributed by atoms with E-state index in [1.807, 2.05) is 19.1 Å². The Morgan fingerprint density at radius 2 is 2.04 bits per heavy atom. The summed E-state index contributed by atoms with van der Waals surface area (Å²) in [5.41, 5.74) is 3.01. The molecule has 3 rings (SSSR count). The molecule has 124 valence electrons. The van der Waals surface area contributed by atoms with E-state index in [0.29, 0.717) is 11.3 Å². The van der Waals surface area contributed by atoms with Crippen molar-refractivity contribution in [2.75, 3.05) is 0 Å². The van der Waals surface area contributed by atoms with Gasteiger partial charge in [0.15, 0.2) is 0 Å². The average molecular weight is 343 g/mol. The molecule has 0 aliphatic rings. The molecule has 0 fully saturated rings. The lowest BCUT2D eigenvalue weighted by atomic mass is 10.2. The van der Waals surface area contributed by atoms with Crippen LogP contribution in [0.5, 0.6) is 0 Å². The van der Waals surface area contributed by atoms with Crippen LogP contribution in [-0.4, -0.2) is 28.4 Å². The minimum absolute atomic E-state index is 0.0654. The van der Waals surface area contributed by atoms with Gasteiger partial charge in [-0.05, 0) is 37.6 Å². The summed E-state index contributed by atoms with van der Waals surface area (Å²) in [6, 6.07) is 8.86. The maximum Gasteiger partial charge on any atom is 0.241 e. The first-order chi connectivity index (χ1) is 11.5. The molecule has 0 bridgehead atoms. The van der Waals surface area contributed by atoms with E-state index in [-0.39, 0.29) is 11.4 Å². The number of rotatable bonds is 5. The number of nitrogens with one attached hydrogen (secondary N) is 1. The molecule has 0 unspecified atom stereocenters. The van der Waals surface area contributed by atoms with Crippen molar-refractivity contribution in [3.63, 3.8) is 0 Å². The fourth-order valence-electron chi connectivity index (χ4n) is 2.34. The molecule has 0 saturated carbocycles. The van der Waals surface area contributed by atoms with Crippen molar-refractivity contribution in [1.82, 2.24) is 24.7 Å². The Morgan fingerprint density at radius 1 is 1.21 bits per heavy atom. The second kappa shape index (κ2) is 6.50. The van der Waals surface area contributed by atoms with E-state index in [0.717, 1.165) is 11.3 Å². The van der Waals surface area contributed by atoms with Gasteiger partial charge in [0.05, 0.1) is 35.2 Å². The molecule has 7 nitrogen and oxygen atoms in total. The molecule has 0 aliphatic carbocycles. The lowest BCUT2D eigenvalue weighted by molar-refractivity contribution is 0.579. The maximum absolute atomic E-state index is 12.4. The summed E-state index contributed by atoms with van der Waals surface area (Å²) in [7, 11) is -3.60. The van der Waals surface area contributed by atoms with Gasteiger partial charge >= 0.3 is 0 Å². The summed E-state index contributed by atoms with van der Waals surface area (Å²) in [6.45, 7) is 3.77. The number of hydrogen-bond acceptors (Lipinski definition) is 5. The highest BCUT2D eigenvalue weighted by Crippen LogP contribution is 2.16. The summed E-state index contributed by atoms with van der Waals surface area (Å²) < 4.78 is 29.0. The highest BCUT2D eigenvalue weighted by molar-refractivity contribution is 7.89. The summed E-state index contributed by atoms with van der Waals surface area (Å²) in [5, 5.41) is 7.96. The molecule has 1 aromatic carbocycles. The van der Waals surface area contributed by atoms with Crippen LogP contribution in [0.15, 0.2) is 53.8 Å². The van der Waals surface area contributed by atoms with E-state index < -0.39 is 10.0 Å². The van der Waals surface area contributed by atoms with Crippen molar-refractivity contribution < 1.29 is 8.42 Å². The molecular formula is C16H17N5O2S. The zero-order valence-electron chi connectivity index (χ0n) is 13.3. The van der Waals surface area contributed by atoms with Crippen molar-refractivity contribution in [3.05, 3.63) is 65.7 Å². The second-order valence-corrected chi connectivity index (χ2v) is 7.19. The summed E-state index contributed by atoms with van der Waals surface area (Å²) in [5.74, 6) is 0. The topological polar surface area (TPSA) is 89.8 Å². The molecule has 8 heteroatoms. The number of pyridine rings is 1. The van der Waals surface area contributed by atoms with Gasteiger partial charge in [-0.1, -0.05) is 22.9 Å². The second-order valence-electron chi connectivity index (χ2n) is 5.46. The molecule has 24 heavy (non-hydrogen) atoms. The zero-order chi connectivity index (χ0) is 17.2. The smallest absolute Gasteiger partial charge is 0.241 e. The molecular weight excluding hydrogens is 326 g/mol. The Labute approximate surface area is 140 Å². The van der Waals surface area contributed by atoms with Crippen LogP contribution >= 0.6 is 0 Å². The Hall–Kier alpha value is -2.58. The van der Waals surface area contributed by atoms with Gasteiger partial charge in [0.25, 0.3) is 0 Å². The molecule has 0 atom stereocenters. The Balaban J connectivity index is 1.75. The van der Waals surface area contributed by atoms with Crippen molar-refractivity contribution in [1.29, 1.82) is 0 Å². The number of nitrogens with zero attached hydrogens (tertiary/aromatic N) is 4. The SMILES string of the molecule is Cc1ccc(S(=O)(=O)NCc2cn(-c3cccnc3)nn2)c(C)c1. The standard InChI is InChI=1S/C16H17N5O2S/c1-12-5-6-16(13(2)8-12)24(22,23)18-9-14-11-21(20-19-14)15-4-3-7-17-10-15/h3-8,10-11,18H,9H2,1-2H3. The summed E-state index contributed by atoms with van der Waals surface area (Å²) in [6.07, 6.45) is 4.99. The Morgan fingerprint density at radius 3 is 2.75 bits per heavy atom. The van der Waals surface area contributed by atoms with Gasteiger partial charge in [-0.3, -0.25) is 4.98 Å². The number of aryl methyl sites for hydroxylation is 2. The van der Waals surface area contributed by atoms with Gasteiger partial charge < -0.3 is 0 Å². The first-order valence-electron chi connectivity index (χ1n) is 7.34. The summed E-state index contributed by atoms with van der Waals surface area (Å²) in [4.78, 5) is 4.28. The van der Waals surface area contributed by atoms with Crippen molar-refractivity contribution >= 4 is 10.0 Å². The van der Waals surface area contributed by atoms with Gasteiger partial charge in [0.2, 0.25) is 10.0 Å². The van der Waals surface area contributed by atoms with Gasteiger partial charge in [0, 0.05) is 6.20 Å². The van der Waals surface area contributed by atoms with Crippen molar-refractivity contribution in [2.24, 2.45) is 0 Å². The predicted molar refractivity (Wildman–Crippen MR) is 89.1 cm³/mol. The summed E-state index contributed by atoms with van der Waals surface area (Å²) >= 11 is 0. The van der Waals surface area contributed by atoms with E-state index in [1.54, 1.807) is 48.4 Å². The van der Waals surface area contributed by atoms with Crippen LogP contribution in [-0.2, 0) is 16.6 Å². The molecule has 2 heterocycles. The van der Waals surface area contributed by atoms with Gasteiger partial charge in [-0.2, -0.15) is 0 Å². The van der Waals surface area contributed by atoms with Crippen LogP contribution in [0.3, 0.4) is 0 Å². The molecule has 0 amide bonds. The first-order valence-corrected chi connectivity index (χ1v) is 8.82. The van der Waals surface area contributed by atoms with E-state index in [9.17, 15) is 8.42 Å². The molecule has 0 saturated heterocycles. The van der Waals surface area contributed by atoms with Crippen LogP contribution in [0.1, 0.15) is 16.8 Å². The van der Waals surface area contributed by atoms with Crippen molar-refractivity contribution in [2.45, 2.75) is 25.3 Å². The molecule has 0 spiro atoms. The van der Waals surface area contributed by atoms with Crippen LogP contribution in [0.25, 0.3) is 5.69 Å². The number of benzene rings is 1. The largest absolute Gasteiger partial charge is 0.262 e. The number of aromatic nitrogens is 4. The first kappa shape index (κ1) is 16.3. The normalized spacial score (nSPS) is 11.6. The monoisotopic (exact) mass is 343 g/mol. The molecule has 2 aromatic heterocycles.